The Morgan fingerprint density at radius 1 is 1.33 bits per heavy atom. The van der Waals surface area contributed by atoms with Crippen LogP contribution in [-0.4, -0.2) is 12.3 Å². The van der Waals surface area contributed by atoms with Gasteiger partial charge in [-0.2, -0.15) is 17.2 Å². The normalized spacial score (nSPS) is 15.8. The average molecular weight is 336 g/mol. The minimum Gasteiger partial charge on any atom is -0.335 e. The first-order valence-corrected chi connectivity index (χ1v) is 9.42. The summed E-state index contributed by atoms with van der Waals surface area (Å²) in [5.41, 5.74) is 2.63. The first-order chi connectivity index (χ1) is 10.2. The van der Waals surface area contributed by atoms with Crippen molar-refractivity contribution in [2.45, 2.75) is 25.3 Å². The molecule has 0 spiro atoms. The van der Waals surface area contributed by atoms with Gasteiger partial charge in [0.15, 0.2) is 12.2 Å². The van der Waals surface area contributed by atoms with Gasteiger partial charge in [0.2, 0.25) is 0 Å². The van der Waals surface area contributed by atoms with Crippen LogP contribution in [0.1, 0.15) is 17.6 Å². The molecular weight excluding hydrogens is 316 g/mol. The van der Waals surface area contributed by atoms with Gasteiger partial charge in [-0.05, 0) is 19.1 Å². The van der Waals surface area contributed by atoms with Gasteiger partial charge in [-0.25, -0.2) is 0 Å². The average Bonchev–Trinajstić information content (AvgIpc) is 3.02. The molecule has 5 heteroatoms. The number of anilines is 1. The maximum Gasteiger partial charge on any atom is 0.264 e. The van der Waals surface area contributed by atoms with Crippen LogP contribution in [0, 0.1) is 6.92 Å². The zero-order valence-corrected chi connectivity index (χ0v) is 14.8. The molecule has 2 heterocycles. The van der Waals surface area contributed by atoms with E-state index in [-0.39, 0.29) is 0 Å². The van der Waals surface area contributed by atoms with Crippen LogP contribution in [0.3, 0.4) is 0 Å². The second-order valence-electron chi connectivity index (χ2n) is 4.89. The molecule has 0 saturated carbocycles. The molecule has 1 aromatic heterocycles. The second-order valence-corrected chi connectivity index (χ2v) is 7.29. The van der Waals surface area contributed by atoms with Crippen molar-refractivity contribution in [1.82, 2.24) is 0 Å². The third-order valence-corrected chi connectivity index (χ3v) is 5.92. The van der Waals surface area contributed by atoms with Crippen molar-refractivity contribution in [3.05, 3.63) is 45.4 Å². The predicted octanol–water partition coefficient (Wildman–Crippen LogP) is 4.20. The number of fused-ring (bicyclic) bond motifs is 1. The predicted molar refractivity (Wildman–Crippen MR) is 96.4 cm³/mol. The maximum absolute atomic E-state index is 4.37. The van der Waals surface area contributed by atoms with Gasteiger partial charge in [0.25, 0.3) is 5.01 Å². The summed E-state index contributed by atoms with van der Waals surface area (Å²) >= 11 is 8.04. The van der Waals surface area contributed by atoms with Gasteiger partial charge in [0.1, 0.15) is 0 Å². The summed E-state index contributed by atoms with van der Waals surface area (Å²) in [4.78, 5) is 3.74. The molecule has 110 valence electrons. The van der Waals surface area contributed by atoms with Gasteiger partial charge in [0, 0.05) is 24.1 Å². The van der Waals surface area contributed by atoms with E-state index in [0.29, 0.717) is 0 Å². The number of thiol groups is 1. The summed E-state index contributed by atoms with van der Waals surface area (Å²) in [6, 6.07) is 8.62. The fourth-order valence-corrected chi connectivity index (χ4v) is 4.94. The fourth-order valence-electron chi connectivity index (χ4n) is 2.54. The van der Waals surface area contributed by atoms with Crippen LogP contribution >= 0.6 is 35.7 Å². The van der Waals surface area contributed by atoms with Gasteiger partial charge in [0.05, 0.1) is 22.2 Å². The summed E-state index contributed by atoms with van der Waals surface area (Å²) in [6.45, 7) is 6.32. The Balaban J connectivity index is 1.98. The standard InChI is InChI=1S/C16H18N2S3/c1-3-17-13-6-4-5-7-14(13)21-16(17)10-15-18(8-9-19)12(2)11-20-15/h4-7,10-11H,3,8-9H2,1-2H3/p+1. The van der Waals surface area contributed by atoms with E-state index >= 15 is 0 Å². The number of hydrogen-bond acceptors (Lipinski definition) is 4. The fraction of sp³-hybridized carbons (Fsp3) is 0.312. The monoisotopic (exact) mass is 335 g/mol. The number of nitrogens with zero attached hydrogens (tertiary/aromatic N) is 2. The number of thioether (sulfide) groups is 1. The summed E-state index contributed by atoms with van der Waals surface area (Å²) in [6.07, 6.45) is 2.31. The molecule has 0 fully saturated rings. The Morgan fingerprint density at radius 3 is 2.90 bits per heavy atom. The molecule has 3 rings (SSSR count). The van der Waals surface area contributed by atoms with E-state index in [0.717, 1.165) is 18.8 Å². The summed E-state index contributed by atoms with van der Waals surface area (Å²) in [7, 11) is 0. The quantitative estimate of drug-likeness (QED) is 0.661. The third kappa shape index (κ3) is 2.87. The molecule has 0 aliphatic carbocycles. The van der Waals surface area contributed by atoms with Crippen molar-refractivity contribution in [2.24, 2.45) is 0 Å². The lowest BCUT2D eigenvalue weighted by atomic mass is 10.3. The zero-order chi connectivity index (χ0) is 14.8. The van der Waals surface area contributed by atoms with E-state index < -0.39 is 0 Å². The summed E-state index contributed by atoms with van der Waals surface area (Å²) in [5, 5.41) is 4.84. The first kappa shape index (κ1) is 15.0. The Bertz CT molecular complexity index is 676. The molecule has 1 aliphatic rings. The molecule has 2 nitrogen and oxygen atoms in total. The van der Waals surface area contributed by atoms with Crippen molar-refractivity contribution in [2.75, 3.05) is 17.2 Å². The van der Waals surface area contributed by atoms with E-state index in [9.17, 15) is 0 Å². The van der Waals surface area contributed by atoms with Crippen molar-refractivity contribution >= 4 is 47.5 Å². The topological polar surface area (TPSA) is 7.12 Å². The number of rotatable bonds is 4. The number of aromatic nitrogens is 1. The first-order valence-electron chi connectivity index (χ1n) is 7.09. The van der Waals surface area contributed by atoms with Gasteiger partial charge < -0.3 is 4.90 Å². The highest BCUT2D eigenvalue weighted by Gasteiger charge is 2.25. The van der Waals surface area contributed by atoms with E-state index in [2.05, 4.69) is 71.7 Å². The third-order valence-electron chi connectivity index (χ3n) is 3.57. The highest BCUT2D eigenvalue weighted by molar-refractivity contribution is 8.03. The van der Waals surface area contributed by atoms with Crippen LogP contribution in [0.15, 0.2) is 39.6 Å². The van der Waals surface area contributed by atoms with Crippen LogP contribution in [-0.2, 0) is 6.54 Å². The second kappa shape index (κ2) is 6.46. The lowest BCUT2D eigenvalue weighted by molar-refractivity contribution is -0.695. The van der Waals surface area contributed by atoms with Crippen molar-refractivity contribution in [3.63, 3.8) is 0 Å². The van der Waals surface area contributed by atoms with E-state index in [1.807, 2.05) is 11.8 Å². The maximum atomic E-state index is 4.37. The smallest absolute Gasteiger partial charge is 0.264 e. The van der Waals surface area contributed by atoms with E-state index in [1.165, 1.54) is 26.3 Å². The van der Waals surface area contributed by atoms with Crippen molar-refractivity contribution in [3.8, 4) is 0 Å². The van der Waals surface area contributed by atoms with Gasteiger partial charge in [-0.1, -0.05) is 35.2 Å². The molecule has 0 bridgehead atoms. The summed E-state index contributed by atoms with van der Waals surface area (Å²) < 4.78 is 2.35. The van der Waals surface area contributed by atoms with E-state index in [4.69, 9.17) is 0 Å². The Morgan fingerprint density at radius 2 is 2.14 bits per heavy atom. The lowest BCUT2D eigenvalue weighted by Gasteiger charge is -2.17. The number of benzene rings is 1. The molecule has 0 unspecified atom stereocenters. The zero-order valence-electron chi connectivity index (χ0n) is 12.2. The molecular formula is C16H19N2S3+. The van der Waals surface area contributed by atoms with Crippen LogP contribution in [0.5, 0.6) is 0 Å². The van der Waals surface area contributed by atoms with Gasteiger partial charge >= 0.3 is 0 Å². The molecule has 0 saturated heterocycles. The highest BCUT2D eigenvalue weighted by atomic mass is 32.2. The molecule has 0 radical (unpaired) electrons. The van der Waals surface area contributed by atoms with Gasteiger partial charge in [-0.15, -0.1) is 0 Å². The Hall–Kier alpha value is -0.910. The largest absolute Gasteiger partial charge is 0.335 e. The van der Waals surface area contributed by atoms with Crippen LogP contribution < -0.4 is 9.47 Å². The van der Waals surface area contributed by atoms with Crippen LogP contribution in [0.4, 0.5) is 5.69 Å². The molecule has 0 amide bonds. The lowest BCUT2D eigenvalue weighted by Crippen LogP contribution is -2.38. The number of hydrogen-bond donors (Lipinski definition) is 1. The highest BCUT2D eigenvalue weighted by Crippen LogP contribution is 2.46. The molecule has 1 aliphatic heterocycles. The molecule has 21 heavy (non-hydrogen) atoms. The minimum absolute atomic E-state index is 0.864. The molecule has 0 atom stereocenters. The Kier molecular flexibility index (Phi) is 4.62. The minimum atomic E-state index is 0.864. The summed E-state index contributed by atoms with van der Waals surface area (Å²) in [5.74, 6) is 0.864. The van der Waals surface area contributed by atoms with Gasteiger partial charge in [-0.3, -0.25) is 0 Å². The molecule has 1 aromatic carbocycles. The molecule has 0 N–H and O–H groups in total. The Labute approximate surface area is 139 Å². The number of para-hydroxylation sites is 1. The molecule has 2 aromatic rings. The number of thiazole rings is 1. The number of aryl methyl sites for hydroxylation is 1. The van der Waals surface area contributed by atoms with Crippen LogP contribution in [0.25, 0.3) is 6.08 Å². The SMILES string of the molecule is CCN1C(=Cc2scc(C)[n+]2CCS)Sc2ccccc21. The van der Waals surface area contributed by atoms with E-state index in [1.54, 1.807) is 11.3 Å². The van der Waals surface area contributed by atoms with Crippen molar-refractivity contribution in [1.29, 1.82) is 0 Å². The van der Waals surface area contributed by atoms with Crippen LogP contribution in [0.2, 0.25) is 0 Å². The van der Waals surface area contributed by atoms with Crippen molar-refractivity contribution < 1.29 is 4.57 Å².